The number of rotatable bonds is 3. The molecule has 0 amide bonds. The molecule has 3 aromatic rings. The Morgan fingerprint density at radius 3 is 2.71 bits per heavy atom. The van der Waals surface area contributed by atoms with Gasteiger partial charge in [-0.25, -0.2) is 4.98 Å². The highest BCUT2D eigenvalue weighted by Crippen LogP contribution is 2.26. The molecule has 0 saturated heterocycles. The number of fused-ring (bicyclic) bond motifs is 1. The molecule has 2 heterocycles. The first-order valence-electron chi connectivity index (χ1n) is 7.05. The molecule has 3 nitrogen and oxygen atoms in total. The fourth-order valence-corrected chi connectivity index (χ4v) is 3.39. The van der Waals surface area contributed by atoms with E-state index >= 15 is 0 Å². The van der Waals surface area contributed by atoms with Crippen molar-refractivity contribution in [1.82, 2.24) is 15.0 Å². The van der Waals surface area contributed by atoms with E-state index in [1.165, 1.54) is 22.3 Å². The summed E-state index contributed by atoms with van der Waals surface area (Å²) in [4.78, 5) is 12.6. The van der Waals surface area contributed by atoms with Gasteiger partial charge in [0.2, 0.25) is 0 Å². The smallest absolute Gasteiger partial charge is 0.166 e. The van der Waals surface area contributed by atoms with Gasteiger partial charge in [0.25, 0.3) is 0 Å². The number of hydrogen-bond acceptors (Lipinski definition) is 3. The lowest BCUT2D eigenvalue weighted by atomic mass is 10.1. The molecule has 3 rings (SSSR count). The molecule has 0 radical (unpaired) electrons. The van der Waals surface area contributed by atoms with Gasteiger partial charge in [-0.05, 0) is 62.1 Å². The van der Waals surface area contributed by atoms with Gasteiger partial charge in [-0.1, -0.05) is 17.8 Å². The van der Waals surface area contributed by atoms with Crippen LogP contribution >= 0.6 is 11.8 Å². The molecular weight excluding hydrogens is 278 g/mol. The first-order chi connectivity index (χ1) is 10.0. The molecule has 21 heavy (non-hydrogen) atoms. The zero-order valence-corrected chi connectivity index (χ0v) is 13.6. The fourth-order valence-electron chi connectivity index (χ4n) is 2.49. The lowest BCUT2D eigenvalue weighted by Gasteiger charge is -2.05. The maximum absolute atomic E-state index is 4.70. The van der Waals surface area contributed by atoms with Crippen molar-refractivity contribution in [3.05, 3.63) is 52.3 Å². The Morgan fingerprint density at radius 2 is 1.90 bits per heavy atom. The SMILES string of the molecule is Cc1cc(C)c2nc(SCc3nccc(C)c3C)[nH]c2c1. The molecular formula is C17H19N3S. The molecule has 0 atom stereocenters. The normalized spacial score (nSPS) is 11.2. The second kappa shape index (κ2) is 5.53. The quantitative estimate of drug-likeness (QED) is 0.724. The molecule has 4 heteroatoms. The number of H-pyrrole nitrogens is 1. The van der Waals surface area contributed by atoms with Crippen molar-refractivity contribution in [2.45, 2.75) is 38.6 Å². The van der Waals surface area contributed by atoms with E-state index in [0.29, 0.717) is 0 Å². The van der Waals surface area contributed by atoms with Crippen molar-refractivity contribution >= 4 is 22.8 Å². The minimum atomic E-state index is 0.839. The van der Waals surface area contributed by atoms with Crippen LogP contribution in [0, 0.1) is 27.7 Å². The molecule has 0 aliphatic heterocycles. The number of aromatic nitrogens is 3. The molecule has 0 aliphatic carbocycles. The molecule has 0 spiro atoms. The third-order valence-electron chi connectivity index (χ3n) is 3.82. The third-order valence-corrected chi connectivity index (χ3v) is 4.71. The van der Waals surface area contributed by atoms with Gasteiger partial charge in [-0.2, -0.15) is 0 Å². The van der Waals surface area contributed by atoms with Crippen molar-refractivity contribution in [2.75, 3.05) is 0 Å². The van der Waals surface area contributed by atoms with Crippen LogP contribution in [0.15, 0.2) is 29.6 Å². The monoisotopic (exact) mass is 297 g/mol. The molecule has 0 fully saturated rings. The van der Waals surface area contributed by atoms with Gasteiger partial charge in [-0.15, -0.1) is 0 Å². The Bertz CT molecular complexity index is 805. The van der Waals surface area contributed by atoms with Crippen LogP contribution in [0.5, 0.6) is 0 Å². The number of pyridine rings is 1. The van der Waals surface area contributed by atoms with Crippen molar-refractivity contribution in [3.8, 4) is 0 Å². The van der Waals surface area contributed by atoms with Crippen molar-refractivity contribution < 1.29 is 0 Å². The fraction of sp³-hybridized carbons (Fsp3) is 0.294. The van der Waals surface area contributed by atoms with E-state index in [9.17, 15) is 0 Å². The Balaban J connectivity index is 1.85. The number of imidazole rings is 1. The summed E-state index contributed by atoms with van der Waals surface area (Å²) in [5.74, 6) is 0.839. The zero-order valence-electron chi connectivity index (χ0n) is 12.8. The highest BCUT2D eigenvalue weighted by molar-refractivity contribution is 7.98. The van der Waals surface area contributed by atoms with E-state index < -0.39 is 0 Å². The van der Waals surface area contributed by atoms with E-state index in [0.717, 1.165) is 27.6 Å². The van der Waals surface area contributed by atoms with Crippen LogP contribution < -0.4 is 0 Å². The number of hydrogen-bond donors (Lipinski definition) is 1. The van der Waals surface area contributed by atoms with Gasteiger partial charge < -0.3 is 4.98 Å². The number of aryl methyl sites for hydroxylation is 3. The van der Waals surface area contributed by atoms with Crippen LogP contribution in [0.4, 0.5) is 0 Å². The second-order valence-electron chi connectivity index (χ2n) is 5.51. The summed E-state index contributed by atoms with van der Waals surface area (Å²) < 4.78 is 0. The van der Waals surface area contributed by atoms with Crippen LogP contribution in [0.2, 0.25) is 0 Å². The van der Waals surface area contributed by atoms with E-state index in [1.807, 2.05) is 6.20 Å². The van der Waals surface area contributed by atoms with Gasteiger partial charge >= 0.3 is 0 Å². The molecule has 0 aliphatic rings. The molecule has 2 aromatic heterocycles. The Hall–Kier alpha value is -1.81. The van der Waals surface area contributed by atoms with E-state index in [4.69, 9.17) is 4.98 Å². The predicted molar refractivity (Wildman–Crippen MR) is 88.8 cm³/mol. The summed E-state index contributed by atoms with van der Waals surface area (Å²) in [6.07, 6.45) is 1.88. The van der Waals surface area contributed by atoms with Crippen LogP contribution in [0.3, 0.4) is 0 Å². The summed E-state index contributed by atoms with van der Waals surface area (Å²) in [7, 11) is 0. The van der Waals surface area contributed by atoms with Crippen molar-refractivity contribution in [3.63, 3.8) is 0 Å². The largest absolute Gasteiger partial charge is 0.333 e. The number of aromatic amines is 1. The van der Waals surface area contributed by atoms with Gasteiger partial charge in [0, 0.05) is 11.9 Å². The second-order valence-corrected chi connectivity index (χ2v) is 6.47. The minimum absolute atomic E-state index is 0.839. The minimum Gasteiger partial charge on any atom is -0.333 e. The molecule has 108 valence electrons. The number of benzene rings is 1. The predicted octanol–water partition coefficient (Wildman–Crippen LogP) is 4.48. The summed E-state index contributed by atoms with van der Waals surface area (Å²) in [5.41, 5.74) is 8.36. The number of thioether (sulfide) groups is 1. The molecule has 1 N–H and O–H groups in total. The standard InChI is InChI=1S/C17H19N3S/c1-10-7-12(3)16-14(8-10)19-17(20-16)21-9-15-13(4)11(2)5-6-18-15/h5-8H,9H2,1-4H3,(H,19,20). The van der Waals surface area contributed by atoms with Crippen LogP contribution in [-0.2, 0) is 5.75 Å². The molecule has 0 bridgehead atoms. The number of nitrogens with one attached hydrogen (secondary N) is 1. The lowest BCUT2D eigenvalue weighted by molar-refractivity contribution is 1.06. The summed E-state index contributed by atoms with van der Waals surface area (Å²) in [6.45, 7) is 8.47. The van der Waals surface area contributed by atoms with Crippen molar-refractivity contribution in [1.29, 1.82) is 0 Å². The Kier molecular flexibility index (Phi) is 3.72. The van der Waals surface area contributed by atoms with Crippen LogP contribution in [-0.4, -0.2) is 15.0 Å². The molecule has 1 aromatic carbocycles. The molecule has 0 unspecified atom stereocenters. The zero-order chi connectivity index (χ0) is 15.0. The molecule has 0 saturated carbocycles. The summed E-state index contributed by atoms with van der Waals surface area (Å²) in [5, 5.41) is 0.960. The van der Waals surface area contributed by atoms with Crippen molar-refractivity contribution in [2.24, 2.45) is 0 Å². The summed E-state index contributed by atoms with van der Waals surface area (Å²) in [6, 6.07) is 6.37. The average Bonchev–Trinajstić information content (AvgIpc) is 2.83. The number of nitrogens with zero attached hydrogens (tertiary/aromatic N) is 2. The maximum atomic E-state index is 4.70. The topological polar surface area (TPSA) is 41.6 Å². The van der Waals surface area contributed by atoms with Gasteiger partial charge in [0.05, 0.1) is 16.7 Å². The van der Waals surface area contributed by atoms with Crippen LogP contribution in [0.1, 0.15) is 27.9 Å². The summed E-state index contributed by atoms with van der Waals surface area (Å²) >= 11 is 1.71. The van der Waals surface area contributed by atoms with E-state index in [-0.39, 0.29) is 0 Å². The third kappa shape index (κ3) is 2.81. The lowest BCUT2D eigenvalue weighted by Crippen LogP contribution is -1.94. The van der Waals surface area contributed by atoms with Gasteiger partial charge in [0.15, 0.2) is 5.16 Å². The average molecular weight is 297 g/mol. The Labute approximate surface area is 129 Å². The Morgan fingerprint density at radius 1 is 1.10 bits per heavy atom. The van der Waals surface area contributed by atoms with Crippen LogP contribution in [0.25, 0.3) is 11.0 Å². The van der Waals surface area contributed by atoms with E-state index in [1.54, 1.807) is 11.8 Å². The van der Waals surface area contributed by atoms with Gasteiger partial charge in [-0.3, -0.25) is 4.98 Å². The van der Waals surface area contributed by atoms with E-state index in [2.05, 4.69) is 55.9 Å². The first-order valence-corrected chi connectivity index (χ1v) is 8.04. The highest BCUT2D eigenvalue weighted by Gasteiger charge is 2.08. The van der Waals surface area contributed by atoms with Gasteiger partial charge in [0.1, 0.15) is 0 Å². The highest BCUT2D eigenvalue weighted by atomic mass is 32.2. The first kappa shape index (κ1) is 14.1. The maximum Gasteiger partial charge on any atom is 0.166 e.